The van der Waals surface area contributed by atoms with Gasteiger partial charge in [-0.15, -0.1) is 0 Å². The summed E-state index contributed by atoms with van der Waals surface area (Å²) in [5.74, 6) is -1.21. The first-order valence-corrected chi connectivity index (χ1v) is 6.58. The van der Waals surface area contributed by atoms with Gasteiger partial charge in [-0.2, -0.15) is 0 Å². The highest BCUT2D eigenvalue weighted by molar-refractivity contribution is 5.99. The minimum Gasteiger partial charge on any atom is -0.480 e. The van der Waals surface area contributed by atoms with Gasteiger partial charge in [0.1, 0.15) is 5.54 Å². The van der Waals surface area contributed by atoms with Crippen molar-refractivity contribution in [2.24, 2.45) is 0 Å². The van der Waals surface area contributed by atoms with Crippen LogP contribution in [-0.2, 0) is 4.79 Å². The summed E-state index contributed by atoms with van der Waals surface area (Å²) in [6.07, 6.45) is 2.72. The number of aryl methyl sites for hydroxylation is 1. The molecule has 19 heavy (non-hydrogen) atoms. The van der Waals surface area contributed by atoms with Crippen molar-refractivity contribution in [2.45, 2.75) is 45.1 Å². The minimum absolute atomic E-state index is 0.287. The van der Waals surface area contributed by atoms with Crippen LogP contribution in [-0.4, -0.2) is 22.5 Å². The van der Waals surface area contributed by atoms with Gasteiger partial charge in [0, 0.05) is 5.56 Å². The van der Waals surface area contributed by atoms with Gasteiger partial charge in [-0.3, -0.25) is 4.79 Å². The molecule has 1 aliphatic rings. The Kier molecular flexibility index (Phi) is 3.60. The predicted molar refractivity (Wildman–Crippen MR) is 72.2 cm³/mol. The van der Waals surface area contributed by atoms with Gasteiger partial charge in [0.15, 0.2) is 0 Å². The van der Waals surface area contributed by atoms with E-state index < -0.39 is 11.5 Å². The molecule has 0 unspecified atom stereocenters. The number of benzene rings is 1. The van der Waals surface area contributed by atoms with Crippen LogP contribution >= 0.6 is 0 Å². The molecule has 0 aliphatic heterocycles. The lowest BCUT2D eigenvalue weighted by Crippen LogP contribution is -2.52. The highest BCUT2D eigenvalue weighted by Gasteiger charge is 2.42. The number of rotatable bonds is 3. The fourth-order valence-corrected chi connectivity index (χ4v) is 2.65. The minimum atomic E-state index is -1.08. The lowest BCUT2D eigenvalue weighted by Gasteiger charge is -2.25. The SMILES string of the molecule is Cc1cccc(C(=O)NC2(C(=O)O)CCCC2)c1C. The lowest BCUT2D eigenvalue weighted by atomic mass is 9.96. The highest BCUT2D eigenvalue weighted by Crippen LogP contribution is 2.30. The Bertz CT molecular complexity index is 516. The number of hydrogen-bond acceptors (Lipinski definition) is 2. The normalized spacial score (nSPS) is 17.2. The third kappa shape index (κ3) is 2.48. The Labute approximate surface area is 112 Å². The molecule has 0 bridgehead atoms. The van der Waals surface area contributed by atoms with Gasteiger partial charge in [0.2, 0.25) is 0 Å². The highest BCUT2D eigenvalue weighted by atomic mass is 16.4. The number of amides is 1. The van der Waals surface area contributed by atoms with Crippen LogP contribution in [0.3, 0.4) is 0 Å². The molecular weight excluding hydrogens is 242 g/mol. The zero-order valence-corrected chi connectivity index (χ0v) is 11.3. The van der Waals surface area contributed by atoms with Crippen molar-refractivity contribution >= 4 is 11.9 Å². The molecule has 102 valence electrons. The van der Waals surface area contributed by atoms with Crippen molar-refractivity contribution in [1.82, 2.24) is 5.32 Å². The van der Waals surface area contributed by atoms with Gasteiger partial charge in [-0.1, -0.05) is 25.0 Å². The van der Waals surface area contributed by atoms with Crippen molar-refractivity contribution < 1.29 is 14.7 Å². The molecule has 2 rings (SSSR count). The summed E-state index contributed by atoms with van der Waals surface area (Å²) in [4.78, 5) is 23.7. The first kappa shape index (κ1) is 13.6. The van der Waals surface area contributed by atoms with E-state index in [2.05, 4.69) is 5.32 Å². The van der Waals surface area contributed by atoms with Crippen LogP contribution in [0.2, 0.25) is 0 Å². The number of nitrogens with one attached hydrogen (secondary N) is 1. The number of carboxylic acid groups (broad SMARTS) is 1. The second kappa shape index (κ2) is 5.03. The van der Waals surface area contributed by atoms with Crippen LogP contribution in [0.25, 0.3) is 0 Å². The van der Waals surface area contributed by atoms with Crippen molar-refractivity contribution in [3.8, 4) is 0 Å². The van der Waals surface area contributed by atoms with E-state index in [4.69, 9.17) is 0 Å². The topological polar surface area (TPSA) is 66.4 Å². The van der Waals surface area contributed by atoms with Gasteiger partial charge >= 0.3 is 5.97 Å². The molecule has 1 fully saturated rings. The fourth-order valence-electron chi connectivity index (χ4n) is 2.65. The predicted octanol–water partition coefficient (Wildman–Crippen LogP) is 2.43. The van der Waals surface area contributed by atoms with Crippen LogP contribution in [0.15, 0.2) is 18.2 Å². The Morgan fingerprint density at radius 1 is 1.21 bits per heavy atom. The van der Waals surface area contributed by atoms with Gasteiger partial charge in [0.25, 0.3) is 5.91 Å². The molecule has 0 heterocycles. The maximum Gasteiger partial charge on any atom is 0.329 e. The molecule has 1 aliphatic carbocycles. The molecule has 0 saturated heterocycles. The van der Waals surface area contributed by atoms with Crippen molar-refractivity contribution in [3.63, 3.8) is 0 Å². The summed E-state index contributed by atoms with van der Waals surface area (Å²) >= 11 is 0. The van der Waals surface area contributed by atoms with Gasteiger partial charge in [-0.25, -0.2) is 4.79 Å². The molecule has 1 amide bonds. The molecule has 0 aromatic heterocycles. The maximum atomic E-state index is 12.3. The summed E-state index contributed by atoms with van der Waals surface area (Å²) in [5, 5.41) is 12.1. The van der Waals surface area contributed by atoms with Crippen LogP contribution in [0.5, 0.6) is 0 Å². The second-order valence-electron chi connectivity index (χ2n) is 5.30. The van der Waals surface area contributed by atoms with E-state index in [0.29, 0.717) is 18.4 Å². The van der Waals surface area contributed by atoms with E-state index in [9.17, 15) is 14.7 Å². The fraction of sp³-hybridized carbons (Fsp3) is 0.467. The number of aliphatic carboxylic acids is 1. The second-order valence-corrected chi connectivity index (χ2v) is 5.30. The van der Waals surface area contributed by atoms with Crippen LogP contribution in [0.4, 0.5) is 0 Å². The molecule has 2 N–H and O–H groups in total. The van der Waals surface area contributed by atoms with Crippen LogP contribution < -0.4 is 5.32 Å². The largest absolute Gasteiger partial charge is 0.480 e. The van der Waals surface area contributed by atoms with E-state index in [1.54, 1.807) is 6.07 Å². The van der Waals surface area contributed by atoms with E-state index in [0.717, 1.165) is 24.0 Å². The molecule has 0 atom stereocenters. The van der Waals surface area contributed by atoms with E-state index in [-0.39, 0.29) is 5.91 Å². The van der Waals surface area contributed by atoms with Crippen LogP contribution in [0.1, 0.15) is 47.2 Å². The lowest BCUT2D eigenvalue weighted by molar-refractivity contribution is -0.144. The molecule has 1 aromatic rings. The van der Waals surface area contributed by atoms with Gasteiger partial charge in [0.05, 0.1) is 0 Å². The van der Waals surface area contributed by atoms with Crippen molar-refractivity contribution in [2.75, 3.05) is 0 Å². The average molecular weight is 261 g/mol. The Morgan fingerprint density at radius 2 is 1.84 bits per heavy atom. The molecule has 4 nitrogen and oxygen atoms in total. The van der Waals surface area contributed by atoms with E-state index >= 15 is 0 Å². The number of carbonyl (C=O) groups is 2. The quantitative estimate of drug-likeness (QED) is 0.878. The maximum absolute atomic E-state index is 12.3. The standard InChI is InChI=1S/C15H19NO3/c1-10-6-5-7-12(11(10)2)13(17)16-15(14(18)19)8-3-4-9-15/h5-7H,3-4,8-9H2,1-2H3,(H,16,17)(H,18,19). The number of carbonyl (C=O) groups excluding carboxylic acids is 1. The molecule has 1 saturated carbocycles. The molecule has 1 aromatic carbocycles. The zero-order chi connectivity index (χ0) is 14.0. The third-order valence-corrected chi connectivity index (χ3v) is 4.07. The zero-order valence-electron chi connectivity index (χ0n) is 11.3. The summed E-state index contributed by atoms with van der Waals surface area (Å²) in [6.45, 7) is 3.82. The smallest absolute Gasteiger partial charge is 0.329 e. The summed E-state index contributed by atoms with van der Waals surface area (Å²) in [6, 6.07) is 5.50. The summed E-state index contributed by atoms with van der Waals surface area (Å²) in [7, 11) is 0. The van der Waals surface area contributed by atoms with E-state index in [1.165, 1.54) is 0 Å². The number of carboxylic acids is 1. The number of hydrogen-bond donors (Lipinski definition) is 2. The monoisotopic (exact) mass is 261 g/mol. The summed E-state index contributed by atoms with van der Waals surface area (Å²) < 4.78 is 0. The van der Waals surface area contributed by atoms with Gasteiger partial charge < -0.3 is 10.4 Å². The van der Waals surface area contributed by atoms with Crippen molar-refractivity contribution in [3.05, 3.63) is 34.9 Å². The first-order valence-electron chi connectivity index (χ1n) is 6.58. The Balaban J connectivity index is 2.25. The van der Waals surface area contributed by atoms with E-state index in [1.807, 2.05) is 26.0 Å². The molecular formula is C15H19NO3. The third-order valence-electron chi connectivity index (χ3n) is 4.07. The average Bonchev–Trinajstić information content (AvgIpc) is 2.82. The van der Waals surface area contributed by atoms with Gasteiger partial charge in [-0.05, 0) is 43.9 Å². The first-order chi connectivity index (χ1) is 8.96. The van der Waals surface area contributed by atoms with Crippen LogP contribution in [0, 0.1) is 13.8 Å². The van der Waals surface area contributed by atoms with Crippen molar-refractivity contribution in [1.29, 1.82) is 0 Å². The molecule has 0 radical (unpaired) electrons. The Morgan fingerprint density at radius 3 is 2.42 bits per heavy atom. The molecule has 0 spiro atoms. The summed E-state index contributed by atoms with van der Waals surface area (Å²) in [5.41, 5.74) is 1.42. The Hall–Kier alpha value is -1.84. The molecule has 4 heteroatoms.